The van der Waals surface area contributed by atoms with Crippen molar-refractivity contribution in [3.05, 3.63) is 0 Å². The van der Waals surface area contributed by atoms with Gasteiger partial charge < -0.3 is 19.7 Å². The van der Waals surface area contributed by atoms with Gasteiger partial charge in [-0.25, -0.2) is 0 Å². The van der Waals surface area contributed by atoms with E-state index >= 15 is 0 Å². The summed E-state index contributed by atoms with van der Waals surface area (Å²) >= 11 is 0.218. The van der Waals surface area contributed by atoms with Crippen LogP contribution in [0.2, 0.25) is 8.87 Å². The molecule has 0 unspecified atom stereocenters. The molecule has 0 rings (SSSR count). The SMILES string of the molecule is COC(=O)CCCC(=O)O.COC(=O)CCCC(=O)O.C[CH2][Sn][CH2]C. The summed E-state index contributed by atoms with van der Waals surface area (Å²) < 4.78 is 11.6. The van der Waals surface area contributed by atoms with Gasteiger partial charge in [0.05, 0.1) is 14.2 Å². The maximum atomic E-state index is 10.4. The first-order valence-corrected chi connectivity index (χ1v) is 12.1. The van der Waals surface area contributed by atoms with Gasteiger partial charge in [-0.2, -0.15) is 0 Å². The summed E-state index contributed by atoms with van der Waals surface area (Å²) in [5.74, 6) is -2.49. The molecular formula is C16H30O8Sn. The Kier molecular flexibility index (Phi) is 25.8. The third-order valence-electron chi connectivity index (χ3n) is 2.50. The van der Waals surface area contributed by atoms with Crippen molar-refractivity contribution in [3.63, 3.8) is 0 Å². The zero-order valence-corrected chi connectivity index (χ0v) is 18.4. The van der Waals surface area contributed by atoms with E-state index in [1.54, 1.807) is 0 Å². The molecule has 0 heterocycles. The molecule has 0 spiro atoms. The van der Waals surface area contributed by atoms with Crippen LogP contribution in [0, 0.1) is 0 Å². The molecule has 9 heteroatoms. The number of methoxy groups -OCH3 is 2. The fraction of sp³-hybridized carbons (Fsp3) is 0.750. The molecule has 0 aromatic heterocycles. The van der Waals surface area contributed by atoms with Crippen molar-refractivity contribution in [1.29, 1.82) is 0 Å². The van der Waals surface area contributed by atoms with E-state index in [0.717, 1.165) is 0 Å². The number of esters is 2. The molecule has 0 saturated carbocycles. The number of hydrogen-bond acceptors (Lipinski definition) is 6. The van der Waals surface area contributed by atoms with E-state index in [1.807, 2.05) is 0 Å². The number of carbonyl (C=O) groups is 4. The van der Waals surface area contributed by atoms with E-state index in [9.17, 15) is 19.2 Å². The van der Waals surface area contributed by atoms with Crippen molar-refractivity contribution < 1.29 is 38.9 Å². The van der Waals surface area contributed by atoms with Crippen LogP contribution in [0.25, 0.3) is 0 Å². The van der Waals surface area contributed by atoms with Gasteiger partial charge >= 0.3 is 67.7 Å². The van der Waals surface area contributed by atoms with Crippen molar-refractivity contribution in [2.75, 3.05) is 14.2 Å². The topological polar surface area (TPSA) is 127 Å². The Hall–Kier alpha value is -1.32. The van der Waals surface area contributed by atoms with Gasteiger partial charge in [-0.1, -0.05) is 0 Å². The molecule has 146 valence electrons. The number of rotatable bonds is 10. The van der Waals surface area contributed by atoms with Gasteiger partial charge in [-0.3, -0.25) is 19.2 Å². The molecular weight excluding hydrogens is 439 g/mol. The molecule has 8 nitrogen and oxygen atoms in total. The van der Waals surface area contributed by atoms with Crippen molar-refractivity contribution >= 4 is 45.0 Å². The second-order valence-corrected chi connectivity index (χ2v) is 10.1. The van der Waals surface area contributed by atoms with Gasteiger partial charge in [0, 0.05) is 25.7 Å². The van der Waals surface area contributed by atoms with Gasteiger partial charge in [0.15, 0.2) is 0 Å². The number of ether oxygens (including phenoxy) is 2. The van der Waals surface area contributed by atoms with E-state index in [2.05, 4.69) is 23.3 Å². The zero-order chi connectivity index (χ0) is 20.1. The molecule has 0 aliphatic heterocycles. The summed E-state index contributed by atoms with van der Waals surface area (Å²) in [4.78, 5) is 40.6. The van der Waals surface area contributed by atoms with Gasteiger partial charge in [-0.05, 0) is 12.8 Å². The maximum absolute atomic E-state index is 10.4. The molecule has 2 N–H and O–H groups in total. The number of carbonyl (C=O) groups excluding carboxylic acids is 2. The predicted molar refractivity (Wildman–Crippen MR) is 93.7 cm³/mol. The van der Waals surface area contributed by atoms with Gasteiger partial charge in [0.25, 0.3) is 0 Å². The van der Waals surface area contributed by atoms with E-state index in [1.165, 1.54) is 23.1 Å². The van der Waals surface area contributed by atoms with Crippen LogP contribution in [0.1, 0.15) is 52.4 Å². The van der Waals surface area contributed by atoms with Crippen LogP contribution in [0.15, 0.2) is 0 Å². The fourth-order valence-electron chi connectivity index (χ4n) is 1.22. The second-order valence-electron chi connectivity index (χ2n) is 4.60. The number of aliphatic carboxylic acids is 2. The number of carboxylic acids is 2. The van der Waals surface area contributed by atoms with Gasteiger partial charge in [-0.15, -0.1) is 0 Å². The van der Waals surface area contributed by atoms with E-state index in [-0.39, 0.29) is 58.8 Å². The van der Waals surface area contributed by atoms with Crippen LogP contribution in [-0.2, 0) is 28.7 Å². The van der Waals surface area contributed by atoms with Crippen LogP contribution in [0.4, 0.5) is 0 Å². The van der Waals surface area contributed by atoms with Crippen LogP contribution >= 0.6 is 0 Å². The molecule has 25 heavy (non-hydrogen) atoms. The Bertz CT molecular complexity index is 337. The summed E-state index contributed by atoms with van der Waals surface area (Å²) in [5.41, 5.74) is 0. The minimum atomic E-state index is -0.885. The van der Waals surface area contributed by atoms with E-state index in [4.69, 9.17) is 10.2 Å². The minimum absolute atomic E-state index is 0.0229. The molecule has 0 fully saturated rings. The summed E-state index contributed by atoms with van der Waals surface area (Å²) in [7, 11) is 2.56. The van der Waals surface area contributed by atoms with Gasteiger partial charge in [0.2, 0.25) is 0 Å². The summed E-state index contributed by atoms with van der Waals surface area (Å²) in [6, 6.07) is 0. The Balaban J connectivity index is -0.000000308. The van der Waals surface area contributed by atoms with Crippen LogP contribution < -0.4 is 0 Å². The quantitative estimate of drug-likeness (QED) is 0.369. The molecule has 0 aliphatic rings. The van der Waals surface area contributed by atoms with Gasteiger partial charge in [0.1, 0.15) is 0 Å². The van der Waals surface area contributed by atoms with Crippen molar-refractivity contribution in [2.24, 2.45) is 0 Å². The third-order valence-corrected chi connectivity index (χ3v) is 5.35. The first kappa shape index (κ1) is 28.5. The summed E-state index contributed by atoms with van der Waals surface area (Å²) in [6.45, 7) is 4.57. The van der Waals surface area contributed by atoms with Crippen molar-refractivity contribution in [2.45, 2.75) is 61.2 Å². The second kappa shape index (κ2) is 22.7. The zero-order valence-electron chi connectivity index (χ0n) is 15.5. The normalized spacial score (nSPS) is 8.80. The molecule has 2 radical (unpaired) electrons. The van der Waals surface area contributed by atoms with E-state index < -0.39 is 11.9 Å². The average Bonchev–Trinajstić information content (AvgIpc) is 2.55. The first-order valence-electron chi connectivity index (χ1n) is 8.02. The standard InChI is InChI=1S/2C6H10O4.2C2H5.Sn/c2*1-10-6(9)4-2-3-5(7)8;2*1-2;/h2*2-4H2,1H3,(H,7,8);2*1H2,2H3;. The van der Waals surface area contributed by atoms with Crippen molar-refractivity contribution in [1.82, 2.24) is 0 Å². The summed E-state index contributed by atoms with van der Waals surface area (Å²) in [5, 5.41) is 16.3. The van der Waals surface area contributed by atoms with Crippen LogP contribution in [-0.4, -0.2) is 69.5 Å². The predicted octanol–water partition coefficient (Wildman–Crippen LogP) is 2.40. The molecule has 0 aliphatic carbocycles. The number of hydrogen-bond donors (Lipinski definition) is 2. The third kappa shape index (κ3) is 34.9. The molecule has 0 aromatic carbocycles. The monoisotopic (exact) mass is 470 g/mol. The van der Waals surface area contributed by atoms with Crippen molar-refractivity contribution in [3.8, 4) is 0 Å². The van der Waals surface area contributed by atoms with E-state index in [0.29, 0.717) is 12.8 Å². The van der Waals surface area contributed by atoms with Crippen LogP contribution in [0.5, 0.6) is 0 Å². The Morgan fingerprint density at radius 1 is 0.720 bits per heavy atom. The van der Waals surface area contributed by atoms with Crippen LogP contribution in [0.3, 0.4) is 0 Å². The Morgan fingerprint density at radius 2 is 1.04 bits per heavy atom. The first-order chi connectivity index (χ1) is 11.7. The molecule has 0 bridgehead atoms. The molecule has 0 aromatic rings. The molecule has 0 saturated heterocycles. The Morgan fingerprint density at radius 3 is 1.20 bits per heavy atom. The Labute approximate surface area is 159 Å². The summed E-state index contributed by atoms with van der Waals surface area (Å²) in [6.07, 6.45) is 1.11. The number of carboxylic acid groups (broad SMARTS) is 2. The average molecular weight is 469 g/mol. The molecule has 0 atom stereocenters. The molecule has 0 amide bonds. The fourth-order valence-corrected chi connectivity index (χ4v) is 2.65.